The van der Waals surface area contributed by atoms with Crippen LogP contribution in [-0.2, 0) is 5.41 Å². The van der Waals surface area contributed by atoms with Crippen LogP contribution < -0.4 is 0 Å². The monoisotopic (exact) mass is 698 g/mol. The number of benzene rings is 10. The van der Waals surface area contributed by atoms with Crippen molar-refractivity contribution < 1.29 is 0 Å². The third-order valence-corrected chi connectivity index (χ3v) is 12.3. The van der Waals surface area contributed by atoms with Gasteiger partial charge in [0.2, 0.25) is 0 Å². The summed E-state index contributed by atoms with van der Waals surface area (Å²) in [5, 5.41) is 10.2. The fourth-order valence-corrected chi connectivity index (χ4v) is 9.59. The third kappa shape index (κ3) is 4.85. The molecule has 10 aromatic rings. The first kappa shape index (κ1) is 31.7. The highest BCUT2D eigenvalue weighted by Gasteiger charge is 2.36. The molecule has 1 aliphatic carbocycles. The van der Waals surface area contributed by atoms with Crippen LogP contribution in [0.3, 0.4) is 0 Å². The van der Waals surface area contributed by atoms with Gasteiger partial charge in [-0.3, -0.25) is 0 Å². The summed E-state index contributed by atoms with van der Waals surface area (Å²) in [6, 6.07) is 72.1. The van der Waals surface area contributed by atoms with Gasteiger partial charge in [0.25, 0.3) is 0 Å². The molecule has 10 aromatic carbocycles. The van der Waals surface area contributed by atoms with E-state index < -0.39 is 0 Å². The van der Waals surface area contributed by atoms with Gasteiger partial charge < -0.3 is 0 Å². The van der Waals surface area contributed by atoms with Gasteiger partial charge in [0.05, 0.1) is 0 Å². The lowest BCUT2D eigenvalue weighted by atomic mass is 9.80. The van der Waals surface area contributed by atoms with Crippen molar-refractivity contribution in [2.75, 3.05) is 0 Å². The van der Waals surface area contributed by atoms with Crippen molar-refractivity contribution in [3.05, 3.63) is 205 Å². The minimum absolute atomic E-state index is 0.159. The van der Waals surface area contributed by atoms with Crippen molar-refractivity contribution in [2.24, 2.45) is 0 Å². The van der Waals surface area contributed by atoms with Crippen molar-refractivity contribution in [3.8, 4) is 55.6 Å². The summed E-state index contributed by atoms with van der Waals surface area (Å²) in [6.45, 7) is 4.79. The van der Waals surface area contributed by atoms with Gasteiger partial charge in [0, 0.05) is 5.41 Å². The van der Waals surface area contributed by atoms with E-state index >= 15 is 0 Å². The van der Waals surface area contributed by atoms with Gasteiger partial charge in [-0.1, -0.05) is 196 Å². The van der Waals surface area contributed by atoms with Crippen LogP contribution in [0.15, 0.2) is 194 Å². The molecule has 0 fully saturated rings. The maximum Gasteiger partial charge on any atom is 0.0159 e. The Balaban J connectivity index is 1.00. The van der Waals surface area contributed by atoms with Crippen LogP contribution in [0, 0.1) is 0 Å². The molecule has 258 valence electrons. The fourth-order valence-electron chi connectivity index (χ4n) is 9.59. The molecule has 0 amide bonds. The van der Waals surface area contributed by atoms with E-state index in [0.29, 0.717) is 0 Å². The molecule has 0 spiro atoms. The zero-order valence-corrected chi connectivity index (χ0v) is 31.0. The van der Waals surface area contributed by atoms with Crippen LogP contribution in [-0.4, -0.2) is 0 Å². The van der Waals surface area contributed by atoms with E-state index in [1.54, 1.807) is 0 Å². The van der Waals surface area contributed by atoms with Gasteiger partial charge in [-0.2, -0.15) is 0 Å². The highest BCUT2D eigenvalue weighted by Crippen LogP contribution is 2.51. The summed E-state index contributed by atoms with van der Waals surface area (Å²) >= 11 is 0. The summed E-state index contributed by atoms with van der Waals surface area (Å²) in [4.78, 5) is 0. The molecule has 11 rings (SSSR count). The van der Waals surface area contributed by atoms with Crippen LogP contribution >= 0.6 is 0 Å². The Morgan fingerprint density at radius 2 is 0.564 bits per heavy atom. The average molecular weight is 699 g/mol. The summed E-state index contributed by atoms with van der Waals surface area (Å²) in [6.07, 6.45) is 0. The van der Waals surface area contributed by atoms with Crippen molar-refractivity contribution in [1.82, 2.24) is 0 Å². The first-order valence-corrected chi connectivity index (χ1v) is 19.3. The molecule has 0 saturated carbocycles. The molecule has 0 unspecified atom stereocenters. The molecule has 0 N–H and O–H groups in total. The molecule has 0 atom stereocenters. The Morgan fingerprint density at radius 3 is 1.00 bits per heavy atom. The lowest BCUT2D eigenvalue weighted by Crippen LogP contribution is -2.15. The summed E-state index contributed by atoms with van der Waals surface area (Å²) in [5.41, 5.74) is 15.4. The Hall–Kier alpha value is -6.76. The van der Waals surface area contributed by atoms with E-state index in [2.05, 4.69) is 208 Å². The smallest absolute Gasteiger partial charge is 0.0159 e. The Kier molecular flexibility index (Phi) is 7.00. The largest absolute Gasteiger partial charge is 0.0616 e. The summed E-state index contributed by atoms with van der Waals surface area (Å²) < 4.78 is 0. The Bertz CT molecular complexity index is 2950. The fraction of sp³-hybridized carbons (Fsp3) is 0.0545. The minimum atomic E-state index is -0.159. The molecule has 0 heterocycles. The zero-order valence-electron chi connectivity index (χ0n) is 31.0. The summed E-state index contributed by atoms with van der Waals surface area (Å²) in [7, 11) is 0. The van der Waals surface area contributed by atoms with Gasteiger partial charge >= 0.3 is 0 Å². The second-order valence-electron chi connectivity index (χ2n) is 15.6. The normalized spacial score (nSPS) is 13.1. The lowest BCUT2D eigenvalue weighted by molar-refractivity contribution is 0.661. The molecule has 0 bridgehead atoms. The zero-order chi connectivity index (χ0) is 36.7. The molecule has 0 nitrogen and oxygen atoms in total. The number of hydrogen-bond acceptors (Lipinski definition) is 0. The van der Waals surface area contributed by atoms with Crippen LogP contribution in [0.2, 0.25) is 0 Å². The number of hydrogen-bond donors (Lipinski definition) is 0. The molecule has 1 aliphatic rings. The van der Waals surface area contributed by atoms with E-state index in [-0.39, 0.29) is 5.41 Å². The molecule has 0 heteroatoms. The van der Waals surface area contributed by atoms with E-state index in [9.17, 15) is 0 Å². The minimum Gasteiger partial charge on any atom is -0.0616 e. The highest BCUT2D eigenvalue weighted by atomic mass is 14.4. The molecular weight excluding hydrogens is 661 g/mol. The van der Waals surface area contributed by atoms with E-state index in [4.69, 9.17) is 0 Å². The van der Waals surface area contributed by atoms with Crippen molar-refractivity contribution in [2.45, 2.75) is 19.3 Å². The standard InChI is InChI=1S/C55H38/c1-55(2)53-33-37(41-19-9-25-49-45(41)23-11-27-47(49)43-21-7-15-35-13-3-5-17-39(35)43)29-31-51(53)52-32-30-38(34-54(52)55)42-20-10-26-50-46(42)24-12-28-48(50)44-22-8-16-36-14-4-6-18-40(36)44/h3-34H,1-2H3. The molecular formula is C55H38. The highest BCUT2D eigenvalue weighted by molar-refractivity contribution is 6.11. The van der Waals surface area contributed by atoms with Gasteiger partial charge in [0.15, 0.2) is 0 Å². The quantitative estimate of drug-likeness (QED) is 0.172. The topological polar surface area (TPSA) is 0 Å². The predicted octanol–water partition coefficient (Wildman–Crippen LogP) is 15.3. The van der Waals surface area contributed by atoms with Crippen molar-refractivity contribution in [3.63, 3.8) is 0 Å². The number of fused-ring (bicyclic) bond motifs is 7. The second kappa shape index (κ2) is 12.1. The van der Waals surface area contributed by atoms with E-state index in [1.807, 2.05) is 0 Å². The maximum atomic E-state index is 2.46. The molecule has 0 aliphatic heterocycles. The molecule has 0 aromatic heterocycles. The predicted molar refractivity (Wildman–Crippen MR) is 236 cm³/mol. The van der Waals surface area contributed by atoms with Crippen LogP contribution in [0.4, 0.5) is 0 Å². The van der Waals surface area contributed by atoms with Crippen LogP contribution in [0.5, 0.6) is 0 Å². The average Bonchev–Trinajstić information content (AvgIpc) is 3.47. The van der Waals surface area contributed by atoms with Crippen LogP contribution in [0.1, 0.15) is 25.0 Å². The van der Waals surface area contributed by atoms with Crippen molar-refractivity contribution in [1.29, 1.82) is 0 Å². The third-order valence-electron chi connectivity index (χ3n) is 12.3. The van der Waals surface area contributed by atoms with E-state index in [0.717, 1.165) is 0 Å². The van der Waals surface area contributed by atoms with Gasteiger partial charge in [-0.25, -0.2) is 0 Å². The maximum absolute atomic E-state index is 2.46. The van der Waals surface area contributed by atoms with Gasteiger partial charge in [-0.05, 0) is 122 Å². The first-order valence-electron chi connectivity index (χ1n) is 19.3. The van der Waals surface area contributed by atoms with E-state index in [1.165, 1.54) is 110 Å². The van der Waals surface area contributed by atoms with Crippen molar-refractivity contribution >= 4 is 43.1 Å². The summed E-state index contributed by atoms with van der Waals surface area (Å²) in [5.74, 6) is 0. The Morgan fingerprint density at radius 1 is 0.255 bits per heavy atom. The Labute approximate surface area is 322 Å². The lowest BCUT2D eigenvalue weighted by Gasteiger charge is -2.23. The first-order chi connectivity index (χ1) is 27.0. The van der Waals surface area contributed by atoms with Gasteiger partial charge in [0.1, 0.15) is 0 Å². The van der Waals surface area contributed by atoms with Crippen LogP contribution in [0.25, 0.3) is 98.7 Å². The van der Waals surface area contributed by atoms with Gasteiger partial charge in [-0.15, -0.1) is 0 Å². The molecule has 0 saturated heterocycles. The SMILES string of the molecule is CC1(C)c2cc(-c3cccc4c(-c5cccc6ccccc56)cccc34)ccc2-c2ccc(-c3cccc4c(-c5cccc6ccccc56)cccc34)cc21. The molecule has 0 radical (unpaired) electrons. The molecule has 55 heavy (non-hydrogen) atoms. The number of rotatable bonds is 4. The second-order valence-corrected chi connectivity index (χ2v) is 15.6.